The molecule has 0 aromatic rings. The van der Waals surface area contributed by atoms with Gasteiger partial charge in [-0.25, -0.2) is 4.79 Å². The van der Waals surface area contributed by atoms with Gasteiger partial charge in [0.05, 0.1) is 21.1 Å². The Kier molecular flexibility index (Phi) is 5.92. The number of nitrogens with zero attached hydrogens (tertiary/aromatic N) is 1. The van der Waals surface area contributed by atoms with E-state index in [4.69, 9.17) is 5.11 Å². The summed E-state index contributed by atoms with van der Waals surface area (Å²) in [5.41, 5.74) is 0. The lowest BCUT2D eigenvalue weighted by Gasteiger charge is -2.43. The number of carboxylic acid groups (broad SMARTS) is 1. The second-order valence-corrected chi connectivity index (χ2v) is 6.28. The maximum atomic E-state index is 13.8. The van der Waals surface area contributed by atoms with Gasteiger partial charge in [-0.05, 0) is 0 Å². The third-order valence-corrected chi connectivity index (χ3v) is 3.31. The minimum atomic E-state index is -8.06. The molecule has 0 saturated carbocycles. The number of rotatable bonds is 7. The van der Waals surface area contributed by atoms with Crippen molar-refractivity contribution in [3.63, 3.8) is 0 Å². The van der Waals surface area contributed by atoms with E-state index in [1.165, 1.54) is 0 Å². The number of quaternary nitrogens is 1. The average Bonchev–Trinajstić information content (AvgIpc) is 2.33. The third kappa shape index (κ3) is 3.51. The molecule has 0 radical (unpaired) electrons. The first kappa shape index (κ1) is 25.5. The van der Waals surface area contributed by atoms with E-state index < -0.39 is 52.3 Å². The molecule has 0 rings (SSSR count). The molecule has 0 aliphatic heterocycles. The van der Waals surface area contributed by atoms with Crippen LogP contribution in [0.2, 0.25) is 0 Å². The second kappa shape index (κ2) is 6.27. The Morgan fingerprint density at radius 1 is 0.667 bits per heavy atom. The normalized spacial score (nSPS) is 17.0. The van der Waals surface area contributed by atoms with Crippen molar-refractivity contribution in [2.75, 3.05) is 21.1 Å². The molecule has 0 spiro atoms. The van der Waals surface area contributed by atoms with Crippen LogP contribution in [0.25, 0.3) is 0 Å². The summed E-state index contributed by atoms with van der Waals surface area (Å²) in [5, 5.41) is 8.58. The van der Waals surface area contributed by atoms with E-state index in [1.807, 2.05) is 0 Å². The monoisotopic (exact) mass is 436 g/mol. The van der Waals surface area contributed by atoms with Gasteiger partial charge in [0.15, 0.2) is 0 Å². The molecule has 27 heavy (non-hydrogen) atoms. The number of aliphatic carboxylic acids is 1. The Bertz CT molecular complexity index is 576. The number of hydrogen-bond acceptors (Lipinski definition) is 1. The Labute approximate surface area is 141 Å². The first-order valence-electron chi connectivity index (χ1n) is 6.31. The van der Waals surface area contributed by atoms with Crippen molar-refractivity contribution in [1.29, 1.82) is 0 Å². The molecule has 1 N–H and O–H groups in total. The highest BCUT2D eigenvalue weighted by atomic mass is 19.4. The summed E-state index contributed by atoms with van der Waals surface area (Å²) in [7, 11) is 1.26. The number of hydrogen-bond donors (Lipinski definition) is 1. The average molecular weight is 436 g/mol. The largest absolute Gasteiger partial charge is 0.477 e. The van der Waals surface area contributed by atoms with Gasteiger partial charge in [-0.15, -0.1) is 0 Å². The van der Waals surface area contributed by atoms with Crippen molar-refractivity contribution in [2.24, 2.45) is 0 Å². The molecule has 162 valence electrons. The van der Waals surface area contributed by atoms with Crippen molar-refractivity contribution >= 4 is 5.97 Å². The van der Waals surface area contributed by atoms with Gasteiger partial charge in [-0.1, -0.05) is 0 Å². The van der Waals surface area contributed by atoms with Crippen molar-refractivity contribution in [1.82, 2.24) is 0 Å². The summed E-state index contributed by atoms with van der Waals surface area (Å²) in [4.78, 5) is 10.8. The fourth-order valence-electron chi connectivity index (χ4n) is 1.93. The molecule has 0 fully saturated rings. The summed E-state index contributed by atoms with van der Waals surface area (Å²) in [5.74, 6) is -41.2. The minimum Gasteiger partial charge on any atom is -0.477 e. The Hall–Kier alpha value is -1.48. The van der Waals surface area contributed by atoms with E-state index in [2.05, 4.69) is 0 Å². The highest BCUT2D eigenvalue weighted by Gasteiger charge is 2.92. The minimum absolute atomic E-state index is 0.420. The van der Waals surface area contributed by atoms with Crippen LogP contribution in [0, 0.1) is 0 Å². The molecule has 1 unspecified atom stereocenters. The molecule has 0 aliphatic carbocycles. The van der Waals surface area contributed by atoms with Crippen molar-refractivity contribution in [3.05, 3.63) is 0 Å². The summed E-state index contributed by atoms with van der Waals surface area (Å²) < 4.78 is 167. The van der Waals surface area contributed by atoms with Gasteiger partial charge < -0.3 is 9.59 Å². The fraction of sp³-hybridized carbons (Fsp3) is 0.909. The van der Waals surface area contributed by atoms with Crippen LogP contribution < -0.4 is 0 Å². The van der Waals surface area contributed by atoms with E-state index in [0.717, 1.165) is 0 Å². The zero-order valence-electron chi connectivity index (χ0n) is 13.3. The fourth-order valence-corrected chi connectivity index (χ4v) is 1.93. The number of halogens is 13. The van der Waals surface area contributed by atoms with Crippen LogP contribution >= 0.6 is 0 Å². The van der Waals surface area contributed by atoms with Crippen LogP contribution in [0.15, 0.2) is 0 Å². The SMILES string of the molecule is C[N+](C)(C)C(C(=O)O)C(F)(F)C(F)(F)C(F)(F)C(F)(F)C(F)(F)C(F)(F)F. The van der Waals surface area contributed by atoms with Gasteiger partial charge in [0.2, 0.25) is 0 Å². The molecule has 0 amide bonds. The molecule has 0 bridgehead atoms. The molecule has 0 aliphatic rings. The van der Waals surface area contributed by atoms with E-state index in [1.54, 1.807) is 0 Å². The van der Waals surface area contributed by atoms with Crippen LogP contribution in [0.3, 0.4) is 0 Å². The zero-order valence-corrected chi connectivity index (χ0v) is 13.3. The molecule has 0 heterocycles. The Morgan fingerprint density at radius 2 is 0.963 bits per heavy atom. The van der Waals surface area contributed by atoms with Crippen LogP contribution in [-0.4, -0.2) is 78.5 Å². The number of likely N-dealkylation sites (N-methyl/N-ethyl adjacent to an activating group) is 1. The van der Waals surface area contributed by atoms with Gasteiger partial charge in [0, 0.05) is 0 Å². The molecular formula is C11H11F13NO2+. The summed E-state index contributed by atoms with van der Waals surface area (Å²) in [6.45, 7) is 0. The van der Waals surface area contributed by atoms with Crippen LogP contribution in [-0.2, 0) is 4.79 Å². The standard InChI is InChI=1S/C11H10F13NO2/c1-25(2,3)4(5(26)27)6(12,13)7(14,15)8(16,17)9(18,19)10(20,21)11(22,23)24/h4H,1-3H3/p+1. The maximum Gasteiger partial charge on any atom is 0.460 e. The lowest BCUT2D eigenvalue weighted by molar-refractivity contribution is -0.898. The zero-order chi connectivity index (χ0) is 22.7. The van der Waals surface area contributed by atoms with E-state index in [0.29, 0.717) is 21.1 Å². The number of carboxylic acids is 1. The highest BCUT2D eigenvalue weighted by Crippen LogP contribution is 2.61. The summed E-state index contributed by atoms with van der Waals surface area (Å²) in [6, 6.07) is -3.92. The molecule has 0 aromatic carbocycles. The first-order valence-corrected chi connectivity index (χ1v) is 6.31. The molecule has 16 heteroatoms. The molecule has 1 atom stereocenters. The smallest absolute Gasteiger partial charge is 0.460 e. The second-order valence-electron chi connectivity index (χ2n) is 6.28. The predicted octanol–water partition coefficient (Wildman–Crippen LogP) is 3.88. The maximum absolute atomic E-state index is 13.8. The topological polar surface area (TPSA) is 37.3 Å². The quantitative estimate of drug-likeness (QED) is 0.486. The van der Waals surface area contributed by atoms with Crippen LogP contribution in [0.5, 0.6) is 0 Å². The van der Waals surface area contributed by atoms with Crippen molar-refractivity contribution in [3.8, 4) is 0 Å². The lowest BCUT2D eigenvalue weighted by atomic mass is 9.89. The first-order chi connectivity index (χ1) is 11.3. The molecule has 0 saturated heterocycles. The van der Waals surface area contributed by atoms with Gasteiger partial charge in [0.1, 0.15) is 0 Å². The van der Waals surface area contributed by atoms with Crippen LogP contribution in [0.4, 0.5) is 57.1 Å². The van der Waals surface area contributed by atoms with Crippen molar-refractivity contribution in [2.45, 2.75) is 41.8 Å². The van der Waals surface area contributed by atoms with E-state index in [-0.39, 0.29) is 0 Å². The van der Waals surface area contributed by atoms with E-state index in [9.17, 15) is 61.9 Å². The number of carbonyl (C=O) groups is 1. The van der Waals surface area contributed by atoms with Crippen molar-refractivity contribution < 1.29 is 71.5 Å². The Morgan fingerprint density at radius 3 is 1.19 bits per heavy atom. The summed E-state index contributed by atoms with van der Waals surface area (Å²) in [6.07, 6.45) is -7.52. The Balaban J connectivity index is 6.67. The van der Waals surface area contributed by atoms with Gasteiger partial charge >= 0.3 is 41.8 Å². The van der Waals surface area contributed by atoms with Gasteiger partial charge in [-0.2, -0.15) is 57.1 Å². The predicted molar refractivity (Wildman–Crippen MR) is 60.2 cm³/mol. The number of alkyl halides is 13. The third-order valence-electron chi connectivity index (χ3n) is 3.31. The lowest BCUT2D eigenvalue weighted by Crippen LogP contribution is -2.74. The van der Waals surface area contributed by atoms with Crippen LogP contribution in [0.1, 0.15) is 0 Å². The molecule has 0 aromatic heterocycles. The molecular weight excluding hydrogens is 425 g/mol. The van der Waals surface area contributed by atoms with E-state index >= 15 is 0 Å². The molecule has 3 nitrogen and oxygen atoms in total. The highest BCUT2D eigenvalue weighted by molar-refractivity contribution is 5.74. The van der Waals surface area contributed by atoms with Gasteiger partial charge in [0.25, 0.3) is 6.04 Å². The van der Waals surface area contributed by atoms with Gasteiger partial charge in [-0.3, -0.25) is 0 Å². The summed E-state index contributed by atoms with van der Waals surface area (Å²) >= 11 is 0.